The minimum absolute atomic E-state index is 0.204. The van der Waals surface area contributed by atoms with E-state index in [-0.39, 0.29) is 11.8 Å². The number of nitrogens with one attached hydrogen (secondary N) is 1. The van der Waals surface area contributed by atoms with Crippen LogP contribution in [0.15, 0.2) is 11.4 Å². The Balaban J connectivity index is 1.82. The summed E-state index contributed by atoms with van der Waals surface area (Å²) in [5.41, 5.74) is 6.31. The molecule has 0 spiro atoms. The lowest BCUT2D eigenvalue weighted by Crippen LogP contribution is -2.28. The molecule has 1 amide bonds. The largest absolute Gasteiger partial charge is 0.351 e. The van der Waals surface area contributed by atoms with Crippen molar-refractivity contribution in [1.82, 2.24) is 5.32 Å². The Morgan fingerprint density at radius 1 is 1.50 bits per heavy atom. The molecule has 2 rings (SSSR count). The predicted octanol–water partition coefficient (Wildman–Crippen LogP) is 1.86. The number of nitrogens with two attached hydrogens (primary N) is 1. The molecule has 0 atom stereocenters. The molecule has 0 unspecified atom stereocenters. The highest BCUT2D eigenvalue weighted by atomic mass is 32.1. The van der Waals surface area contributed by atoms with Gasteiger partial charge in [0.15, 0.2) is 0 Å². The summed E-state index contributed by atoms with van der Waals surface area (Å²) >= 11 is 1.63. The molecule has 1 aromatic rings. The van der Waals surface area contributed by atoms with E-state index >= 15 is 0 Å². The molecule has 4 heteroatoms. The van der Waals surface area contributed by atoms with Gasteiger partial charge in [-0.3, -0.25) is 4.79 Å². The molecule has 3 nitrogen and oxygen atoms in total. The lowest BCUT2D eigenvalue weighted by molar-refractivity contribution is -0.124. The second-order valence-electron chi connectivity index (χ2n) is 4.51. The maximum absolute atomic E-state index is 11.8. The van der Waals surface area contributed by atoms with Gasteiger partial charge in [0.2, 0.25) is 5.91 Å². The Labute approximate surface area is 112 Å². The van der Waals surface area contributed by atoms with E-state index in [0.29, 0.717) is 13.1 Å². The van der Waals surface area contributed by atoms with Gasteiger partial charge in [-0.25, -0.2) is 0 Å². The number of rotatable bonds is 3. The molecule has 1 heterocycles. The summed E-state index contributed by atoms with van der Waals surface area (Å²) < 4.78 is 0. The molecule has 0 saturated heterocycles. The summed E-state index contributed by atoms with van der Waals surface area (Å²) in [5.74, 6) is 6.26. The number of thiophene rings is 1. The fraction of sp³-hybridized carbons (Fsp3) is 0.500. The molecule has 1 fully saturated rings. The van der Waals surface area contributed by atoms with Crippen LogP contribution < -0.4 is 11.1 Å². The van der Waals surface area contributed by atoms with E-state index in [0.717, 1.165) is 23.3 Å². The Morgan fingerprint density at radius 3 is 3.00 bits per heavy atom. The molecular formula is C14H18N2OS. The minimum Gasteiger partial charge on any atom is -0.351 e. The Hall–Kier alpha value is -1.31. The van der Waals surface area contributed by atoms with Gasteiger partial charge in [0.25, 0.3) is 0 Å². The molecule has 0 aliphatic heterocycles. The summed E-state index contributed by atoms with van der Waals surface area (Å²) in [6.45, 7) is 0.994. The van der Waals surface area contributed by atoms with Gasteiger partial charge in [-0.05, 0) is 18.9 Å². The average molecular weight is 262 g/mol. The van der Waals surface area contributed by atoms with E-state index in [4.69, 9.17) is 5.73 Å². The minimum atomic E-state index is 0.204. The molecule has 18 heavy (non-hydrogen) atoms. The van der Waals surface area contributed by atoms with Gasteiger partial charge in [-0.1, -0.05) is 24.7 Å². The van der Waals surface area contributed by atoms with Crippen molar-refractivity contribution in [1.29, 1.82) is 0 Å². The van der Waals surface area contributed by atoms with Crippen LogP contribution in [-0.2, 0) is 11.3 Å². The summed E-state index contributed by atoms with van der Waals surface area (Å²) in [6.07, 6.45) is 4.47. The summed E-state index contributed by atoms with van der Waals surface area (Å²) in [4.78, 5) is 13.0. The number of hydrogen-bond acceptors (Lipinski definition) is 3. The van der Waals surface area contributed by atoms with Crippen molar-refractivity contribution in [3.05, 3.63) is 21.9 Å². The van der Waals surface area contributed by atoms with Gasteiger partial charge < -0.3 is 11.1 Å². The van der Waals surface area contributed by atoms with Gasteiger partial charge in [-0.2, -0.15) is 0 Å². The predicted molar refractivity (Wildman–Crippen MR) is 74.1 cm³/mol. The standard InChI is InChI=1S/C14H18N2OS/c15-7-3-4-11-8-13(18-10-11)9-16-14(17)12-5-1-2-6-12/h8,10,12H,1-2,5-7,9,15H2,(H,16,17). The Morgan fingerprint density at radius 2 is 2.28 bits per heavy atom. The van der Waals surface area contributed by atoms with E-state index < -0.39 is 0 Å². The van der Waals surface area contributed by atoms with Crippen LogP contribution in [0, 0.1) is 17.8 Å². The fourth-order valence-electron chi connectivity index (χ4n) is 2.20. The van der Waals surface area contributed by atoms with Crippen molar-refractivity contribution in [3.63, 3.8) is 0 Å². The van der Waals surface area contributed by atoms with Crippen LogP contribution in [0.3, 0.4) is 0 Å². The maximum atomic E-state index is 11.8. The maximum Gasteiger partial charge on any atom is 0.223 e. The van der Waals surface area contributed by atoms with E-state index in [1.54, 1.807) is 11.3 Å². The van der Waals surface area contributed by atoms with Crippen LogP contribution in [0.5, 0.6) is 0 Å². The van der Waals surface area contributed by atoms with Crippen molar-refractivity contribution in [2.24, 2.45) is 11.7 Å². The zero-order valence-corrected chi connectivity index (χ0v) is 11.2. The molecule has 1 saturated carbocycles. The highest BCUT2D eigenvalue weighted by Crippen LogP contribution is 2.24. The molecule has 0 radical (unpaired) electrons. The van der Waals surface area contributed by atoms with Gasteiger partial charge >= 0.3 is 0 Å². The van der Waals surface area contributed by atoms with Crippen LogP contribution in [0.25, 0.3) is 0 Å². The topological polar surface area (TPSA) is 55.1 Å². The third-order valence-corrected chi connectivity index (χ3v) is 4.09. The number of amides is 1. The Bertz CT molecular complexity index is 464. The van der Waals surface area contributed by atoms with Crippen molar-refractivity contribution in [2.75, 3.05) is 6.54 Å². The molecular weight excluding hydrogens is 244 g/mol. The number of carbonyl (C=O) groups is 1. The van der Waals surface area contributed by atoms with E-state index in [2.05, 4.69) is 17.2 Å². The van der Waals surface area contributed by atoms with Gasteiger partial charge in [0.05, 0.1) is 13.1 Å². The summed E-state index contributed by atoms with van der Waals surface area (Å²) in [7, 11) is 0. The highest BCUT2D eigenvalue weighted by molar-refractivity contribution is 7.10. The first-order chi connectivity index (χ1) is 8.79. The van der Waals surface area contributed by atoms with Crippen LogP contribution in [0.2, 0.25) is 0 Å². The smallest absolute Gasteiger partial charge is 0.223 e. The zero-order valence-electron chi connectivity index (χ0n) is 10.4. The van der Waals surface area contributed by atoms with E-state index in [1.807, 2.05) is 11.4 Å². The number of hydrogen-bond donors (Lipinski definition) is 2. The van der Waals surface area contributed by atoms with Crippen molar-refractivity contribution >= 4 is 17.2 Å². The second kappa shape index (κ2) is 6.58. The zero-order chi connectivity index (χ0) is 12.8. The van der Waals surface area contributed by atoms with Crippen LogP contribution in [-0.4, -0.2) is 12.5 Å². The lowest BCUT2D eigenvalue weighted by Gasteiger charge is -2.08. The first-order valence-electron chi connectivity index (χ1n) is 6.33. The van der Waals surface area contributed by atoms with Gasteiger partial charge in [0, 0.05) is 21.7 Å². The van der Waals surface area contributed by atoms with Crippen LogP contribution in [0.1, 0.15) is 36.1 Å². The quantitative estimate of drug-likeness (QED) is 0.817. The van der Waals surface area contributed by atoms with Gasteiger partial charge in [0.1, 0.15) is 0 Å². The van der Waals surface area contributed by atoms with E-state index in [1.165, 1.54) is 12.8 Å². The molecule has 96 valence electrons. The molecule has 0 aromatic carbocycles. The van der Waals surface area contributed by atoms with Crippen molar-refractivity contribution in [3.8, 4) is 11.8 Å². The highest BCUT2D eigenvalue weighted by Gasteiger charge is 2.22. The second-order valence-corrected chi connectivity index (χ2v) is 5.50. The first-order valence-corrected chi connectivity index (χ1v) is 7.21. The van der Waals surface area contributed by atoms with Crippen molar-refractivity contribution < 1.29 is 4.79 Å². The monoisotopic (exact) mass is 262 g/mol. The molecule has 1 aliphatic carbocycles. The lowest BCUT2D eigenvalue weighted by atomic mass is 10.1. The SMILES string of the molecule is NCC#Cc1csc(CNC(=O)C2CCCC2)c1. The van der Waals surface area contributed by atoms with Crippen molar-refractivity contribution in [2.45, 2.75) is 32.2 Å². The van der Waals surface area contributed by atoms with Crippen LogP contribution >= 0.6 is 11.3 Å². The summed E-state index contributed by atoms with van der Waals surface area (Å²) in [6, 6.07) is 2.02. The third-order valence-electron chi connectivity index (χ3n) is 3.15. The molecule has 1 aromatic heterocycles. The first kappa shape index (κ1) is 13.1. The summed E-state index contributed by atoms with van der Waals surface area (Å²) in [5, 5.41) is 5.01. The van der Waals surface area contributed by atoms with Gasteiger partial charge in [-0.15, -0.1) is 11.3 Å². The normalized spacial score (nSPS) is 15.2. The van der Waals surface area contributed by atoms with E-state index in [9.17, 15) is 4.79 Å². The molecule has 3 N–H and O–H groups in total. The van der Waals surface area contributed by atoms with Crippen LogP contribution in [0.4, 0.5) is 0 Å². The molecule has 1 aliphatic rings. The average Bonchev–Trinajstić information content (AvgIpc) is 3.04. The third kappa shape index (κ3) is 3.59. The molecule has 0 bridgehead atoms. The number of carbonyl (C=O) groups excluding carboxylic acids is 1. The fourth-order valence-corrected chi connectivity index (χ4v) is 2.95. The Kier molecular flexibility index (Phi) is 4.80.